The standard InChI is InChI=1S/C8H8ClN3O4/c1-5(9)15-8(13)12-4-14-11-7(12)6-2-3-10-16-6/h2-3,5H,4H2,1H3. The van der Waals surface area contributed by atoms with Crippen LogP contribution in [0.5, 0.6) is 0 Å². The minimum atomic E-state index is -0.732. The maximum atomic E-state index is 11.6. The Labute approximate surface area is 95.5 Å². The molecule has 2 rings (SSSR count). The Hall–Kier alpha value is -1.76. The topological polar surface area (TPSA) is 77.2 Å². The number of carbonyl (C=O) groups is 1. The summed E-state index contributed by atoms with van der Waals surface area (Å²) >= 11 is 5.54. The van der Waals surface area contributed by atoms with E-state index in [0.717, 1.165) is 4.90 Å². The maximum absolute atomic E-state index is 11.6. The third-order valence-electron chi connectivity index (χ3n) is 1.74. The lowest BCUT2D eigenvalue weighted by molar-refractivity contribution is 0.0743. The molecule has 1 amide bonds. The molecule has 2 heterocycles. The summed E-state index contributed by atoms with van der Waals surface area (Å²) < 4.78 is 9.65. The number of oxime groups is 1. The molecule has 1 aromatic heterocycles. The van der Waals surface area contributed by atoms with Crippen molar-refractivity contribution in [3.8, 4) is 0 Å². The van der Waals surface area contributed by atoms with Crippen LogP contribution < -0.4 is 0 Å². The molecule has 0 bridgehead atoms. The predicted molar refractivity (Wildman–Crippen MR) is 52.6 cm³/mol. The number of alkyl halides is 1. The first kappa shape index (κ1) is 10.7. The van der Waals surface area contributed by atoms with Crippen LogP contribution in [0, 0.1) is 0 Å². The summed E-state index contributed by atoms with van der Waals surface area (Å²) in [4.78, 5) is 17.5. The van der Waals surface area contributed by atoms with Gasteiger partial charge in [-0.1, -0.05) is 21.9 Å². The number of rotatable bonds is 2. The molecule has 8 heteroatoms. The van der Waals surface area contributed by atoms with Gasteiger partial charge >= 0.3 is 6.09 Å². The summed E-state index contributed by atoms with van der Waals surface area (Å²) in [5, 5.41) is 7.16. The van der Waals surface area contributed by atoms with E-state index in [9.17, 15) is 4.79 Å². The number of hydrogen-bond acceptors (Lipinski definition) is 6. The fourth-order valence-corrected chi connectivity index (χ4v) is 1.19. The highest BCUT2D eigenvalue weighted by Crippen LogP contribution is 2.14. The van der Waals surface area contributed by atoms with Gasteiger partial charge < -0.3 is 14.1 Å². The number of hydrogen-bond donors (Lipinski definition) is 0. The van der Waals surface area contributed by atoms with Crippen LogP contribution in [0.15, 0.2) is 21.9 Å². The summed E-state index contributed by atoms with van der Waals surface area (Å²) in [5.74, 6) is 0.525. The Morgan fingerprint density at radius 1 is 1.75 bits per heavy atom. The van der Waals surface area contributed by atoms with Gasteiger partial charge in [-0.2, -0.15) is 0 Å². The zero-order valence-corrected chi connectivity index (χ0v) is 9.05. The second-order valence-corrected chi connectivity index (χ2v) is 3.52. The van der Waals surface area contributed by atoms with Crippen LogP contribution in [0.1, 0.15) is 12.7 Å². The highest BCUT2D eigenvalue weighted by Gasteiger charge is 2.31. The molecule has 0 aliphatic carbocycles. The molecule has 16 heavy (non-hydrogen) atoms. The van der Waals surface area contributed by atoms with Gasteiger partial charge in [-0.05, 0) is 6.92 Å². The third-order valence-corrected chi connectivity index (χ3v) is 1.82. The predicted octanol–water partition coefficient (Wildman–Crippen LogP) is 1.35. The van der Waals surface area contributed by atoms with Crippen molar-refractivity contribution in [2.24, 2.45) is 5.16 Å². The molecule has 1 atom stereocenters. The molecule has 1 aromatic rings. The largest absolute Gasteiger partial charge is 0.430 e. The van der Waals surface area contributed by atoms with E-state index in [4.69, 9.17) is 25.7 Å². The lowest BCUT2D eigenvalue weighted by atomic mass is 10.4. The first-order valence-electron chi connectivity index (χ1n) is 4.41. The summed E-state index contributed by atoms with van der Waals surface area (Å²) in [5.41, 5.74) is -0.732. The van der Waals surface area contributed by atoms with Crippen molar-refractivity contribution in [1.82, 2.24) is 10.1 Å². The number of amidine groups is 1. The first-order valence-corrected chi connectivity index (χ1v) is 4.85. The molecular weight excluding hydrogens is 238 g/mol. The molecule has 0 spiro atoms. The van der Waals surface area contributed by atoms with Crippen LogP contribution in [0.2, 0.25) is 0 Å². The molecule has 0 saturated carbocycles. The summed E-state index contributed by atoms with van der Waals surface area (Å²) in [6.07, 6.45) is 0.777. The Morgan fingerprint density at radius 2 is 2.56 bits per heavy atom. The van der Waals surface area contributed by atoms with E-state index in [1.807, 2.05) is 0 Å². The van der Waals surface area contributed by atoms with Crippen molar-refractivity contribution < 1.29 is 18.9 Å². The van der Waals surface area contributed by atoms with Crippen molar-refractivity contribution in [1.29, 1.82) is 0 Å². The molecule has 0 radical (unpaired) electrons. The first-order chi connectivity index (χ1) is 7.68. The molecule has 0 fully saturated rings. The minimum absolute atomic E-state index is 0.0432. The van der Waals surface area contributed by atoms with Crippen LogP contribution in [-0.4, -0.2) is 34.3 Å². The Bertz CT molecular complexity index is 403. The molecule has 0 aromatic carbocycles. The number of ether oxygens (including phenoxy) is 1. The van der Waals surface area contributed by atoms with Crippen LogP contribution in [0.25, 0.3) is 0 Å². The van der Waals surface area contributed by atoms with E-state index in [0.29, 0.717) is 5.76 Å². The van der Waals surface area contributed by atoms with E-state index in [1.54, 1.807) is 6.07 Å². The van der Waals surface area contributed by atoms with Gasteiger partial charge in [0.2, 0.25) is 18.3 Å². The van der Waals surface area contributed by atoms with E-state index in [2.05, 4.69) is 10.3 Å². The van der Waals surface area contributed by atoms with E-state index in [1.165, 1.54) is 13.1 Å². The molecule has 0 saturated heterocycles. The number of halogens is 1. The zero-order chi connectivity index (χ0) is 11.5. The quantitative estimate of drug-likeness (QED) is 0.735. The van der Waals surface area contributed by atoms with Gasteiger partial charge in [0.15, 0.2) is 5.56 Å². The second-order valence-electron chi connectivity index (χ2n) is 2.90. The molecular formula is C8H8ClN3O4. The fourth-order valence-electron chi connectivity index (χ4n) is 1.11. The summed E-state index contributed by atoms with van der Waals surface area (Å²) in [7, 11) is 0. The van der Waals surface area contributed by atoms with Crippen LogP contribution in [0.4, 0.5) is 4.79 Å². The highest BCUT2D eigenvalue weighted by molar-refractivity contribution is 6.20. The van der Waals surface area contributed by atoms with Crippen LogP contribution in [0.3, 0.4) is 0 Å². The molecule has 1 aliphatic rings. The number of amides is 1. The molecule has 7 nitrogen and oxygen atoms in total. The van der Waals surface area contributed by atoms with Gasteiger partial charge in [0, 0.05) is 6.07 Å². The highest BCUT2D eigenvalue weighted by atomic mass is 35.5. The molecule has 1 unspecified atom stereocenters. The van der Waals surface area contributed by atoms with Crippen molar-refractivity contribution in [2.75, 3.05) is 6.73 Å². The van der Waals surface area contributed by atoms with Crippen molar-refractivity contribution in [3.05, 3.63) is 18.0 Å². The average Bonchev–Trinajstić information content (AvgIpc) is 2.87. The number of nitrogens with zero attached hydrogens (tertiary/aromatic N) is 3. The second kappa shape index (κ2) is 4.40. The van der Waals surface area contributed by atoms with Gasteiger partial charge in [-0.3, -0.25) is 0 Å². The zero-order valence-electron chi connectivity index (χ0n) is 8.29. The summed E-state index contributed by atoms with van der Waals surface area (Å²) in [6.45, 7) is 1.49. The smallest absolute Gasteiger partial charge is 0.420 e. The summed E-state index contributed by atoms with van der Waals surface area (Å²) in [6, 6.07) is 1.55. The van der Waals surface area contributed by atoms with E-state index < -0.39 is 11.7 Å². The lowest BCUT2D eigenvalue weighted by Gasteiger charge is -2.14. The van der Waals surface area contributed by atoms with Gasteiger partial charge in [-0.15, -0.1) is 0 Å². The van der Waals surface area contributed by atoms with E-state index in [-0.39, 0.29) is 12.6 Å². The van der Waals surface area contributed by atoms with E-state index >= 15 is 0 Å². The third kappa shape index (κ3) is 2.08. The molecule has 86 valence electrons. The van der Waals surface area contributed by atoms with Gasteiger partial charge in [0.25, 0.3) is 0 Å². The molecule has 0 N–H and O–H groups in total. The number of aromatic nitrogens is 1. The van der Waals surface area contributed by atoms with Crippen LogP contribution >= 0.6 is 11.6 Å². The monoisotopic (exact) mass is 245 g/mol. The van der Waals surface area contributed by atoms with Crippen molar-refractivity contribution in [3.63, 3.8) is 0 Å². The SMILES string of the molecule is CC(Cl)OC(=O)N1CON=C1c1ccno1. The lowest BCUT2D eigenvalue weighted by Crippen LogP contribution is -2.35. The van der Waals surface area contributed by atoms with Crippen LogP contribution in [-0.2, 0) is 9.57 Å². The number of carbonyl (C=O) groups excluding carboxylic acids is 1. The van der Waals surface area contributed by atoms with Crippen molar-refractivity contribution in [2.45, 2.75) is 12.5 Å². The van der Waals surface area contributed by atoms with Gasteiger partial charge in [0.1, 0.15) is 0 Å². The Morgan fingerprint density at radius 3 is 3.19 bits per heavy atom. The van der Waals surface area contributed by atoms with Crippen molar-refractivity contribution >= 4 is 23.5 Å². The Kier molecular flexibility index (Phi) is 2.95. The maximum Gasteiger partial charge on any atom is 0.420 e. The minimum Gasteiger partial charge on any atom is -0.430 e. The average molecular weight is 246 g/mol. The Balaban J connectivity index is 2.12. The normalized spacial score (nSPS) is 16.6. The molecule has 1 aliphatic heterocycles. The van der Waals surface area contributed by atoms with Gasteiger partial charge in [-0.25, -0.2) is 9.69 Å². The fraction of sp³-hybridized carbons (Fsp3) is 0.375. The van der Waals surface area contributed by atoms with Gasteiger partial charge in [0.05, 0.1) is 6.20 Å².